The largest absolute Gasteiger partial charge is 0.326 e. The first kappa shape index (κ1) is 15.7. The molecule has 2 atom stereocenters. The first-order valence-corrected chi connectivity index (χ1v) is 9.70. The van der Waals surface area contributed by atoms with Gasteiger partial charge in [-0.15, -0.1) is 0 Å². The van der Waals surface area contributed by atoms with Crippen molar-refractivity contribution in [2.45, 2.75) is 63.1 Å². The molecule has 0 aromatic heterocycles. The smallest absolute Gasteiger partial charge is 0.224 e. The van der Waals surface area contributed by atoms with Gasteiger partial charge in [-0.3, -0.25) is 4.79 Å². The summed E-state index contributed by atoms with van der Waals surface area (Å²) in [6.07, 6.45) is 8.45. The zero-order valence-corrected chi connectivity index (χ0v) is 15.7. The van der Waals surface area contributed by atoms with Crippen LogP contribution in [0.15, 0.2) is 18.2 Å². The van der Waals surface area contributed by atoms with Crippen molar-refractivity contribution in [2.75, 3.05) is 5.32 Å². The molecule has 4 saturated carbocycles. The van der Waals surface area contributed by atoms with Crippen molar-refractivity contribution >= 4 is 27.5 Å². The Hall–Kier alpha value is -0.830. The van der Waals surface area contributed by atoms with Crippen molar-refractivity contribution in [3.8, 4) is 0 Å². The molecule has 124 valence electrons. The van der Waals surface area contributed by atoms with Crippen molar-refractivity contribution in [3.63, 3.8) is 0 Å². The second-order valence-electron chi connectivity index (χ2n) is 8.66. The van der Waals surface area contributed by atoms with Gasteiger partial charge in [-0.1, -0.05) is 33.6 Å². The van der Waals surface area contributed by atoms with Crippen LogP contribution in [-0.2, 0) is 4.79 Å². The van der Waals surface area contributed by atoms with E-state index < -0.39 is 0 Å². The second-order valence-corrected chi connectivity index (χ2v) is 10.3. The van der Waals surface area contributed by atoms with Gasteiger partial charge < -0.3 is 5.32 Å². The minimum absolute atomic E-state index is 0.204. The summed E-state index contributed by atoms with van der Waals surface area (Å²) in [6.45, 7) is 4.16. The number of hydrogen-bond donors (Lipinski definition) is 1. The molecule has 1 N–H and O–H groups in total. The molecular formula is C20H26BrNO. The summed E-state index contributed by atoms with van der Waals surface area (Å²) < 4.78 is 0.330. The van der Waals surface area contributed by atoms with Crippen molar-refractivity contribution in [3.05, 3.63) is 29.3 Å². The number of halogens is 1. The van der Waals surface area contributed by atoms with Gasteiger partial charge in [-0.2, -0.15) is 0 Å². The number of anilines is 1. The lowest BCUT2D eigenvalue weighted by molar-refractivity contribution is -0.123. The molecule has 0 radical (unpaired) electrons. The molecule has 2 nitrogen and oxygen atoms in total. The lowest BCUT2D eigenvalue weighted by atomic mass is 9.48. The van der Waals surface area contributed by atoms with Crippen LogP contribution in [0.4, 0.5) is 5.69 Å². The summed E-state index contributed by atoms with van der Waals surface area (Å²) in [6, 6.07) is 6.24. The fourth-order valence-electron chi connectivity index (χ4n) is 6.03. The van der Waals surface area contributed by atoms with Gasteiger partial charge in [-0.25, -0.2) is 0 Å². The van der Waals surface area contributed by atoms with E-state index in [4.69, 9.17) is 0 Å². The van der Waals surface area contributed by atoms with Crippen molar-refractivity contribution in [1.29, 1.82) is 0 Å². The summed E-state index contributed by atoms with van der Waals surface area (Å²) in [5, 5.41) is 3.17. The highest BCUT2D eigenvalue weighted by Gasteiger charge is 2.57. The molecule has 3 heteroatoms. The first-order chi connectivity index (χ1) is 10.8. The third-order valence-electron chi connectivity index (χ3n) is 6.30. The van der Waals surface area contributed by atoms with Crippen LogP contribution in [0.25, 0.3) is 0 Å². The molecule has 4 fully saturated rings. The van der Waals surface area contributed by atoms with Gasteiger partial charge in [0.1, 0.15) is 0 Å². The van der Waals surface area contributed by atoms with Crippen LogP contribution in [0.1, 0.15) is 56.1 Å². The Labute approximate surface area is 147 Å². The highest BCUT2D eigenvalue weighted by molar-refractivity contribution is 9.10. The van der Waals surface area contributed by atoms with E-state index in [0.29, 0.717) is 10.7 Å². The number of benzene rings is 1. The topological polar surface area (TPSA) is 29.1 Å². The maximum Gasteiger partial charge on any atom is 0.224 e. The Balaban J connectivity index is 1.48. The maximum absolute atomic E-state index is 12.7. The molecule has 0 unspecified atom stereocenters. The van der Waals surface area contributed by atoms with Gasteiger partial charge in [0.25, 0.3) is 0 Å². The SMILES string of the molecule is Cc1ccc(NC(=O)CC23C[C@@H]4C[C@H](CC(Br)(C4)C2)C3)c(C)c1. The monoisotopic (exact) mass is 375 g/mol. The minimum Gasteiger partial charge on any atom is -0.326 e. The van der Waals surface area contributed by atoms with E-state index >= 15 is 0 Å². The van der Waals surface area contributed by atoms with E-state index in [1.54, 1.807) is 0 Å². The molecule has 5 rings (SSSR count). The Morgan fingerprint density at radius 1 is 1.22 bits per heavy atom. The zero-order valence-electron chi connectivity index (χ0n) is 14.1. The molecule has 1 aromatic rings. The second kappa shape index (κ2) is 5.34. The van der Waals surface area contributed by atoms with Gasteiger partial charge in [0.05, 0.1) is 0 Å². The molecule has 1 amide bonds. The number of carbonyl (C=O) groups excluding carboxylic acids is 1. The van der Waals surface area contributed by atoms with Crippen molar-refractivity contribution in [1.82, 2.24) is 0 Å². The Bertz CT molecular complexity index is 639. The molecule has 0 spiro atoms. The van der Waals surface area contributed by atoms with Gasteiger partial charge in [0.15, 0.2) is 0 Å². The fourth-order valence-corrected chi connectivity index (χ4v) is 7.54. The standard InChI is InChI=1S/C20H26BrNO/c1-13-3-4-17(14(2)5-13)22-18(23)11-19-7-15-6-16(8-19)10-20(21,9-15)12-19/h3-5,15-16H,6-12H2,1-2H3,(H,22,23)/t15-,16-,19?,20?/m0/s1. The predicted octanol–water partition coefficient (Wildman–Crippen LogP) is 5.37. The van der Waals surface area contributed by atoms with Gasteiger partial charge >= 0.3 is 0 Å². The lowest BCUT2D eigenvalue weighted by Crippen LogP contribution is -2.53. The number of nitrogens with one attached hydrogen (secondary N) is 1. The quantitative estimate of drug-likeness (QED) is 0.707. The summed E-state index contributed by atoms with van der Waals surface area (Å²) in [5.74, 6) is 1.88. The fraction of sp³-hybridized carbons (Fsp3) is 0.650. The highest BCUT2D eigenvalue weighted by atomic mass is 79.9. The number of hydrogen-bond acceptors (Lipinski definition) is 1. The Kier molecular flexibility index (Phi) is 3.64. The predicted molar refractivity (Wildman–Crippen MR) is 97.9 cm³/mol. The first-order valence-electron chi connectivity index (χ1n) is 8.91. The molecule has 0 heterocycles. The van der Waals surface area contributed by atoms with Crippen LogP contribution in [0.5, 0.6) is 0 Å². The van der Waals surface area contributed by atoms with Crippen LogP contribution >= 0.6 is 15.9 Å². The lowest BCUT2D eigenvalue weighted by Gasteiger charge is -2.60. The number of amides is 1. The third kappa shape index (κ3) is 2.97. The molecule has 23 heavy (non-hydrogen) atoms. The van der Waals surface area contributed by atoms with Gasteiger partial charge in [0.2, 0.25) is 5.91 Å². The third-order valence-corrected chi connectivity index (χ3v) is 7.23. The van der Waals surface area contributed by atoms with Crippen LogP contribution in [0.3, 0.4) is 0 Å². The van der Waals surface area contributed by atoms with Crippen molar-refractivity contribution < 1.29 is 4.79 Å². The van der Waals surface area contributed by atoms with Crippen LogP contribution in [0.2, 0.25) is 0 Å². The minimum atomic E-state index is 0.204. The average Bonchev–Trinajstić information content (AvgIpc) is 2.38. The number of aryl methyl sites for hydroxylation is 2. The molecule has 0 saturated heterocycles. The van der Waals surface area contributed by atoms with Gasteiger partial charge in [0, 0.05) is 16.4 Å². The molecular weight excluding hydrogens is 350 g/mol. The molecule has 4 aliphatic carbocycles. The van der Waals surface area contributed by atoms with E-state index in [2.05, 4.69) is 47.2 Å². The summed E-state index contributed by atoms with van der Waals surface area (Å²) >= 11 is 4.04. The molecule has 4 bridgehead atoms. The highest BCUT2D eigenvalue weighted by Crippen LogP contribution is 2.65. The average molecular weight is 376 g/mol. The Morgan fingerprint density at radius 3 is 2.52 bits per heavy atom. The summed E-state index contributed by atoms with van der Waals surface area (Å²) in [5.41, 5.74) is 3.61. The number of alkyl halides is 1. The zero-order chi connectivity index (χ0) is 16.2. The molecule has 1 aromatic carbocycles. The van der Waals surface area contributed by atoms with Crippen LogP contribution in [0, 0.1) is 31.1 Å². The molecule has 0 aliphatic heterocycles. The summed E-state index contributed by atoms with van der Waals surface area (Å²) in [7, 11) is 0. The maximum atomic E-state index is 12.7. The Morgan fingerprint density at radius 2 is 1.91 bits per heavy atom. The van der Waals surface area contributed by atoms with E-state index in [0.717, 1.165) is 23.1 Å². The van der Waals surface area contributed by atoms with Crippen LogP contribution in [-0.4, -0.2) is 10.2 Å². The van der Waals surface area contributed by atoms with Gasteiger partial charge in [-0.05, 0) is 81.3 Å². The normalized spacial score (nSPS) is 37.9. The van der Waals surface area contributed by atoms with Crippen LogP contribution < -0.4 is 5.32 Å². The summed E-state index contributed by atoms with van der Waals surface area (Å²) in [4.78, 5) is 12.7. The van der Waals surface area contributed by atoms with E-state index in [-0.39, 0.29) is 11.3 Å². The number of rotatable bonds is 3. The molecule has 4 aliphatic rings. The number of carbonyl (C=O) groups is 1. The van der Waals surface area contributed by atoms with E-state index in [1.807, 2.05) is 6.07 Å². The van der Waals surface area contributed by atoms with Crippen molar-refractivity contribution in [2.24, 2.45) is 17.3 Å². The van der Waals surface area contributed by atoms with E-state index in [9.17, 15) is 4.79 Å². The van der Waals surface area contributed by atoms with E-state index in [1.165, 1.54) is 44.1 Å².